The van der Waals surface area contributed by atoms with Gasteiger partial charge >= 0.3 is 0 Å². The number of hydrogen-bond acceptors (Lipinski definition) is 4. The Hall–Kier alpha value is -3.06. The first-order chi connectivity index (χ1) is 17.4. The van der Waals surface area contributed by atoms with Gasteiger partial charge in [0.15, 0.2) is 0 Å². The fraction of sp³-hybridized carbons (Fsp3) is 0.533. The quantitative estimate of drug-likeness (QED) is 0.382. The number of aromatic amines is 1. The number of nitrogens with zero attached hydrogens (tertiary/aromatic N) is 4. The van der Waals surface area contributed by atoms with Crippen molar-refractivity contribution in [1.29, 1.82) is 0 Å². The molecule has 1 N–H and O–H groups in total. The minimum absolute atomic E-state index is 0.0242. The van der Waals surface area contributed by atoms with Crippen LogP contribution in [0.25, 0.3) is 5.69 Å². The van der Waals surface area contributed by atoms with Crippen LogP contribution in [0.5, 0.6) is 0 Å². The van der Waals surface area contributed by atoms with Crippen molar-refractivity contribution in [3.05, 3.63) is 59.7 Å². The van der Waals surface area contributed by atoms with Crippen molar-refractivity contribution in [2.24, 2.45) is 16.8 Å². The van der Waals surface area contributed by atoms with E-state index in [0.717, 1.165) is 47.8 Å². The summed E-state index contributed by atoms with van der Waals surface area (Å²) in [6, 6.07) is 8.06. The zero-order valence-corrected chi connectivity index (χ0v) is 24.0. The van der Waals surface area contributed by atoms with Crippen LogP contribution in [0.2, 0.25) is 0 Å². The number of ether oxygens (including phenoxy) is 1. The van der Waals surface area contributed by atoms with Crippen molar-refractivity contribution >= 4 is 17.8 Å². The lowest BCUT2D eigenvalue weighted by Crippen LogP contribution is -2.34. The van der Waals surface area contributed by atoms with Gasteiger partial charge in [0.25, 0.3) is 5.91 Å². The lowest BCUT2D eigenvalue weighted by Gasteiger charge is -2.26. The number of aromatic nitrogens is 2. The number of carbonyl (C=O) groups excluding carboxylic acids is 1. The largest absolute Gasteiger partial charge is 0.375 e. The standard InChI is InChI=1S/C30H45N5O2/c1-10-21(3)23(5)31-18-27-28(22(4)11-2)33(9)15-16-34(29(27)36)25-13-12-14-26(17-25)35-19-24(32-35)20-37-30(6,7)8/h12-14,17-19,21-22,32H,5,10-11,15-16,20H2,1-4,6-9H3. The van der Waals surface area contributed by atoms with E-state index in [0.29, 0.717) is 18.7 Å². The van der Waals surface area contributed by atoms with Gasteiger partial charge in [-0.3, -0.25) is 19.6 Å². The highest BCUT2D eigenvalue weighted by Gasteiger charge is 2.30. The second-order valence-electron chi connectivity index (χ2n) is 11.1. The highest BCUT2D eigenvalue weighted by Crippen LogP contribution is 2.29. The summed E-state index contributed by atoms with van der Waals surface area (Å²) in [6.45, 7) is 20.7. The zero-order valence-electron chi connectivity index (χ0n) is 24.0. The number of amides is 1. The minimum Gasteiger partial charge on any atom is -0.375 e. The molecule has 0 spiro atoms. The number of hydrogen-bond donors (Lipinski definition) is 1. The van der Waals surface area contributed by atoms with Gasteiger partial charge in [-0.05, 0) is 63.6 Å². The van der Waals surface area contributed by atoms with Gasteiger partial charge in [0.2, 0.25) is 0 Å². The molecular formula is C30H45N5O2. The summed E-state index contributed by atoms with van der Waals surface area (Å²) >= 11 is 0. The van der Waals surface area contributed by atoms with E-state index >= 15 is 0 Å². The molecule has 0 saturated heterocycles. The summed E-state index contributed by atoms with van der Waals surface area (Å²) in [5.41, 5.74) is 5.15. The molecule has 37 heavy (non-hydrogen) atoms. The Morgan fingerprint density at radius 2 is 1.86 bits per heavy atom. The van der Waals surface area contributed by atoms with Crippen molar-refractivity contribution in [2.45, 2.75) is 73.5 Å². The number of anilines is 1. The molecule has 202 valence electrons. The van der Waals surface area contributed by atoms with Crippen molar-refractivity contribution < 1.29 is 9.53 Å². The van der Waals surface area contributed by atoms with E-state index in [-0.39, 0.29) is 23.3 Å². The van der Waals surface area contributed by atoms with E-state index < -0.39 is 0 Å². The average Bonchev–Trinajstić information content (AvgIpc) is 2.95. The topological polar surface area (TPSA) is 65.9 Å². The molecule has 3 rings (SSSR count). The molecule has 7 nitrogen and oxygen atoms in total. The molecule has 1 aromatic heterocycles. The first-order valence-electron chi connectivity index (χ1n) is 13.5. The third-order valence-electron chi connectivity index (χ3n) is 7.07. The van der Waals surface area contributed by atoms with Crippen LogP contribution in [0.3, 0.4) is 0 Å². The van der Waals surface area contributed by atoms with E-state index in [9.17, 15) is 4.79 Å². The molecule has 2 aromatic rings. The van der Waals surface area contributed by atoms with E-state index in [1.165, 1.54) is 0 Å². The summed E-state index contributed by atoms with van der Waals surface area (Å²) in [7, 11) is 2.07. The van der Waals surface area contributed by atoms with Crippen LogP contribution in [-0.4, -0.2) is 52.5 Å². The smallest absolute Gasteiger partial charge is 0.261 e. The van der Waals surface area contributed by atoms with E-state index in [2.05, 4.69) is 56.3 Å². The van der Waals surface area contributed by atoms with Crippen LogP contribution in [-0.2, 0) is 16.1 Å². The Kier molecular flexibility index (Phi) is 9.24. The number of nitrogens with one attached hydrogen (secondary N) is 1. The first kappa shape index (κ1) is 28.5. The Balaban J connectivity index is 1.92. The monoisotopic (exact) mass is 507 g/mol. The molecule has 0 bridgehead atoms. The SMILES string of the molecule is C=C(N=CC1=C(C(C)CC)N(C)CCN(c2cccc(-n3cc(COC(C)(C)C)[nH]3)c2)C1=O)C(C)CC. The van der Waals surface area contributed by atoms with Crippen LogP contribution in [0, 0.1) is 11.8 Å². The molecule has 2 unspecified atom stereocenters. The lowest BCUT2D eigenvalue weighted by atomic mass is 9.98. The lowest BCUT2D eigenvalue weighted by molar-refractivity contribution is -0.114. The molecule has 1 aliphatic heterocycles. The van der Waals surface area contributed by atoms with Crippen LogP contribution in [0.1, 0.15) is 67.0 Å². The van der Waals surface area contributed by atoms with E-state index in [1.54, 1.807) is 6.21 Å². The van der Waals surface area contributed by atoms with Gasteiger partial charge in [0.05, 0.1) is 35.4 Å². The summed E-state index contributed by atoms with van der Waals surface area (Å²) in [4.78, 5) is 22.8. The highest BCUT2D eigenvalue weighted by molar-refractivity contribution is 6.19. The fourth-order valence-corrected chi connectivity index (χ4v) is 4.26. The number of carbonyl (C=O) groups is 1. The van der Waals surface area contributed by atoms with Gasteiger partial charge in [0, 0.05) is 43.4 Å². The van der Waals surface area contributed by atoms with Crippen LogP contribution >= 0.6 is 0 Å². The molecule has 1 amide bonds. The highest BCUT2D eigenvalue weighted by atomic mass is 16.5. The van der Waals surface area contributed by atoms with Crippen molar-refractivity contribution in [1.82, 2.24) is 14.7 Å². The second kappa shape index (κ2) is 12.0. The fourth-order valence-electron chi connectivity index (χ4n) is 4.26. The Labute approximate surface area is 222 Å². The van der Waals surface area contributed by atoms with Crippen LogP contribution in [0.4, 0.5) is 5.69 Å². The predicted octanol–water partition coefficient (Wildman–Crippen LogP) is 6.33. The molecule has 0 aliphatic carbocycles. The summed E-state index contributed by atoms with van der Waals surface area (Å²) < 4.78 is 7.80. The summed E-state index contributed by atoms with van der Waals surface area (Å²) in [5, 5.41) is 3.33. The van der Waals surface area contributed by atoms with Crippen LogP contribution in [0.15, 0.2) is 59.0 Å². The summed E-state index contributed by atoms with van der Waals surface area (Å²) in [5.74, 6) is 0.484. The Morgan fingerprint density at radius 1 is 1.19 bits per heavy atom. The van der Waals surface area contributed by atoms with E-state index in [4.69, 9.17) is 4.74 Å². The van der Waals surface area contributed by atoms with Gasteiger partial charge in [-0.25, -0.2) is 0 Å². The number of rotatable bonds is 10. The molecule has 0 radical (unpaired) electrons. The molecule has 1 aliphatic rings. The third-order valence-corrected chi connectivity index (χ3v) is 7.07. The number of allylic oxidation sites excluding steroid dienone is 2. The molecule has 0 fully saturated rings. The van der Waals surface area contributed by atoms with Crippen molar-refractivity contribution in [3.63, 3.8) is 0 Å². The average molecular weight is 508 g/mol. The summed E-state index contributed by atoms with van der Waals surface area (Å²) in [6.07, 6.45) is 5.68. The third kappa shape index (κ3) is 7.04. The molecule has 0 saturated carbocycles. The van der Waals surface area contributed by atoms with Crippen molar-refractivity contribution in [3.8, 4) is 5.69 Å². The number of aliphatic imine (C=N–C) groups is 1. The molecule has 1 aromatic carbocycles. The Bertz CT molecular complexity index is 1130. The predicted molar refractivity (Wildman–Crippen MR) is 153 cm³/mol. The number of H-pyrrole nitrogens is 1. The molecule has 7 heteroatoms. The van der Waals surface area contributed by atoms with Gasteiger partial charge in [-0.1, -0.05) is 40.3 Å². The first-order valence-corrected chi connectivity index (χ1v) is 13.5. The van der Waals surface area contributed by atoms with Crippen LogP contribution < -0.4 is 4.90 Å². The maximum Gasteiger partial charge on any atom is 0.261 e. The number of likely N-dealkylation sites (N-methyl/N-ethyl adjacent to an activating group) is 1. The van der Waals surface area contributed by atoms with Gasteiger partial charge in [-0.2, -0.15) is 0 Å². The van der Waals surface area contributed by atoms with E-state index in [1.807, 2.05) is 60.8 Å². The van der Waals surface area contributed by atoms with Gasteiger partial charge in [-0.15, -0.1) is 0 Å². The second-order valence-corrected chi connectivity index (χ2v) is 11.1. The molecule has 2 heterocycles. The van der Waals surface area contributed by atoms with Gasteiger partial charge < -0.3 is 14.5 Å². The molecule has 2 atom stereocenters. The number of benzene rings is 1. The zero-order chi connectivity index (χ0) is 27.3. The Morgan fingerprint density at radius 3 is 2.49 bits per heavy atom. The maximum atomic E-state index is 14.0. The van der Waals surface area contributed by atoms with Crippen molar-refractivity contribution in [2.75, 3.05) is 25.0 Å². The van der Waals surface area contributed by atoms with Gasteiger partial charge in [0.1, 0.15) is 0 Å². The molecular weight excluding hydrogens is 462 g/mol. The maximum absolute atomic E-state index is 14.0. The normalized spacial score (nSPS) is 17.0. The minimum atomic E-state index is -0.188.